The molecule has 10 aromatic rings. The van der Waals surface area contributed by atoms with E-state index in [1.807, 2.05) is 30.6 Å². The van der Waals surface area contributed by atoms with Crippen molar-refractivity contribution in [2.45, 2.75) is 13.8 Å². The molecule has 0 aliphatic carbocycles. The van der Waals surface area contributed by atoms with E-state index in [9.17, 15) is 5.26 Å². The van der Waals surface area contributed by atoms with Gasteiger partial charge in [0.05, 0.1) is 57.5 Å². The number of nitrogens with zero attached hydrogens (tertiary/aromatic N) is 4. The number of hydrogen-bond acceptors (Lipinski definition) is 2. The molecule has 10 rings (SSSR count). The molecular weight excluding hydrogens is 657 g/mol. The number of aryl methyl sites for hydroxylation is 2. The zero-order valence-corrected chi connectivity index (χ0v) is 30.0. The summed E-state index contributed by atoms with van der Waals surface area (Å²) in [5.41, 5.74) is 15.6. The van der Waals surface area contributed by atoms with Crippen molar-refractivity contribution >= 4 is 43.6 Å². The van der Waals surface area contributed by atoms with Crippen molar-refractivity contribution in [2.24, 2.45) is 0 Å². The van der Waals surface area contributed by atoms with Crippen molar-refractivity contribution in [2.75, 3.05) is 0 Å². The van der Waals surface area contributed by atoms with Crippen LogP contribution in [0.4, 0.5) is 0 Å². The number of rotatable bonds is 5. The molecule has 0 amide bonds. The fraction of sp³-hybridized carbons (Fsp3) is 0.0400. The van der Waals surface area contributed by atoms with Crippen LogP contribution in [0.1, 0.15) is 16.7 Å². The normalized spacial score (nSPS) is 11.5. The molecule has 4 nitrogen and oxygen atoms in total. The lowest BCUT2D eigenvalue weighted by atomic mass is 9.97. The highest BCUT2D eigenvalue weighted by Gasteiger charge is 2.24. The molecule has 3 aromatic heterocycles. The lowest BCUT2D eigenvalue weighted by Gasteiger charge is -2.20. The van der Waals surface area contributed by atoms with Gasteiger partial charge in [-0.15, -0.1) is 0 Å². The summed E-state index contributed by atoms with van der Waals surface area (Å²) in [6, 6.07) is 58.4. The summed E-state index contributed by atoms with van der Waals surface area (Å²) >= 11 is 0. The standard InChI is InChI=1S/C50H34N4/c1-32-11-9-14-34(25-32)36-21-23-42-40-17-5-7-19-44(40)53(46(42)27-36)48-30-52-31-49(50(48)39-16-4-3-13-38(39)29-51)54-45-20-8-6-18-41(45)43-24-22-37(28-47(43)54)35-15-10-12-33(2)26-35/h3-28,30-31H,1-2H3. The molecule has 7 aromatic carbocycles. The van der Waals surface area contributed by atoms with Crippen molar-refractivity contribution < 1.29 is 0 Å². The lowest BCUT2D eigenvalue weighted by Crippen LogP contribution is -2.05. The van der Waals surface area contributed by atoms with Crippen molar-refractivity contribution in [1.29, 1.82) is 5.26 Å². The molecule has 0 radical (unpaired) electrons. The highest BCUT2D eigenvalue weighted by atomic mass is 15.0. The maximum atomic E-state index is 10.6. The van der Waals surface area contributed by atoms with Gasteiger partial charge in [-0.2, -0.15) is 5.26 Å². The van der Waals surface area contributed by atoms with Gasteiger partial charge in [0, 0.05) is 32.7 Å². The second kappa shape index (κ2) is 12.5. The molecule has 3 heterocycles. The summed E-state index contributed by atoms with van der Waals surface area (Å²) in [4.78, 5) is 5.03. The highest BCUT2D eigenvalue weighted by molar-refractivity contribution is 6.13. The monoisotopic (exact) mass is 690 g/mol. The smallest absolute Gasteiger partial charge is 0.0998 e. The molecule has 4 heteroatoms. The Morgan fingerprint density at radius 2 is 0.907 bits per heavy atom. The number of aromatic nitrogens is 3. The van der Waals surface area contributed by atoms with E-state index in [1.54, 1.807) is 0 Å². The molecule has 0 aliphatic rings. The van der Waals surface area contributed by atoms with Crippen LogP contribution in [0.25, 0.3) is 88.4 Å². The van der Waals surface area contributed by atoms with E-state index in [4.69, 9.17) is 4.98 Å². The number of hydrogen-bond donors (Lipinski definition) is 0. The maximum absolute atomic E-state index is 10.6. The van der Waals surface area contributed by atoms with Crippen LogP contribution in [-0.4, -0.2) is 14.1 Å². The van der Waals surface area contributed by atoms with Crippen molar-refractivity contribution in [3.8, 4) is 50.8 Å². The van der Waals surface area contributed by atoms with Crippen LogP contribution in [0.5, 0.6) is 0 Å². The quantitative estimate of drug-likeness (QED) is 0.180. The fourth-order valence-corrected chi connectivity index (χ4v) is 8.32. The van der Waals surface area contributed by atoms with Gasteiger partial charge in [-0.25, -0.2) is 0 Å². The Bertz CT molecular complexity index is 2970. The van der Waals surface area contributed by atoms with E-state index < -0.39 is 0 Å². The van der Waals surface area contributed by atoms with Gasteiger partial charge < -0.3 is 9.13 Å². The summed E-state index contributed by atoms with van der Waals surface area (Å²) in [7, 11) is 0. The van der Waals surface area contributed by atoms with E-state index in [-0.39, 0.29) is 0 Å². The van der Waals surface area contributed by atoms with Gasteiger partial charge in [0.1, 0.15) is 0 Å². The molecule has 0 spiro atoms. The molecule has 0 N–H and O–H groups in total. The first-order valence-electron chi connectivity index (χ1n) is 18.3. The molecule has 54 heavy (non-hydrogen) atoms. The third kappa shape index (κ3) is 4.94. The van der Waals surface area contributed by atoms with Crippen LogP contribution >= 0.6 is 0 Å². The Morgan fingerprint density at radius 1 is 0.444 bits per heavy atom. The van der Waals surface area contributed by atoms with Gasteiger partial charge in [-0.05, 0) is 66.4 Å². The van der Waals surface area contributed by atoms with Gasteiger partial charge in [-0.3, -0.25) is 4.98 Å². The van der Waals surface area contributed by atoms with Gasteiger partial charge >= 0.3 is 0 Å². The Hall–Kier alpha value is -7.22. The summed E-state index contributed by atoms with van der Waals surface area (Å²) in [5.74, 6) is 0. The third-order valence-electron chi connectivity index (χ3n) is 10.8. The minimum atomic E-state index is 0.605. The zero-order valence-electron chi connectivity index (χ0n) is 30.0. The summed E-state index contributed by atoms with van der Waals surface area (Å²) in [6.45, 7) is 4.27. The van der Waals surface area contributed by atoms with Crippen LogP contribution in [0.3, 0.4) is 0 Å². The maximum Gasteiger partial charge on any atom is 0.0998 e. The van der Waals surface area contributed by atoms with Crippen LogP contribution in [0, 0.1) is 25.2 Å². The average molecular weight is 691 g/mol. The number of para-hydroxylation sites is 2. The number of nitriles is 1. The molecular formula is C50H34N4. The van der Waals surface area contributed by atoms with Gasteiger partial charge in [0.15, 0.2) is 0 Å². The van der Waals surface area contributed by atoms with Crippen molar-refractivity contribution in [3.63, 3.8) is 0 Å². The van der Waals surface area contributed by atoms with E-state index in [2.05, 4.69) is 169 Å². The third-order valence-corrected chi connectivity index (χ3v) is 10.8. The van der Waals surface area contributed by atoms with Gasteiger partial charge in [0.25, 0.3) is 0 Å². The number of pyridine rings is 1. The Morgan fingerprint density at radius 3 is 1.43 bits per heavy atom. The van der Waals surface area contributed by atoms with Crippen LogP contribution in [0.15, 0.2) is 170 Å². The molecule has 0 bridgehead atoms. The van der Waals surface area contributed by atoms with E-state index in [0.717, 1.165) is 77.2 Å². The summed E-state index contributed by atoms with van der Waals surface area (Å²) in [5, 5.41) is 15.2. The minimum absolute atomic E-state index is 0.605. The SMILES string of the molecule is Cc1cccc(-c2ccc3c4ccccc4n(-c4cncc(-n5c6ccccc6c6ccc(-c7cccc(C)c7)cc65)c4-c4ccccc4C#N)c3c2)c1. The molecule has 0 unspecified atom stereocenters. The predicted molar refractivity (Wildman–Crippen MR) is 223 cm³/mol. The summed E-state index contributed by atoms with van der Waals surface area (Å²) < 4.78 is 4.69. The molecule has 0 aliphatic heterocycles. The lowest BCUT2D eigenvalue weighted by molar-refractivity contribution is 1.09. The Labute approximate surface area is 313 Å². The molecule has 0 atom stereocenters. The van der Waals surface area contributed by atoms with Gasteiger partial charge in [0.2, 0.25) is 0 Å². The minimum Gasteiger partial charge on any atom is -0.307 e. The highest BCUT2D eigenvalue weighted by Crippen LogP contribution is 2.43. The summed E-state index contributed by atoms with van der Waals surface area (Å²) in [6.07, 6.45) is 3.93. The van der Waals surface area contributed by atoms with Crippen molar-refractivity contribution in [3.05, 3.63) is 187 Å². The molecule has 0 saturated heterocycles. The topological polar surface area (TPSA) is 46.5 Å². The number of benzene rings is 7. The number of fused-ring (bicyclic) bond motifs is 6. The Balaban J connectivity index is 1.34. The molecule has 0 saturated carbocycles. The second-order valence-corrected chi connectivity index (χ2v) is 14.1. The van der Waals surface area contributed by atoms with E-state index in [1.165, 1.54) is 22.3 Å². The van der Waals surface area contributed by atoms with Crippen LogP contribution in [-0.2, 0) is 0 Å². The first-order valence-corrected chi connectivity index (χ1v) is 18.3. The van der Waals surface area contributed by atoms with E-state index >= 15 is 0 Å². The van der Waals surface area contributed by atoms with Crippen molar-refractivity contribution in [1.82, 2.24) is 14.1 Å². The largest absolute Gasteiger partial charge is 0.307 e. The second-order valence-electron chi connectivity index (χ2n) is 14.1. The molecule has 0 fully saturated rings. The Kier molecular flexibility index (Phi) is 7.28. The molecule has 254 valence electrons. The first kappa shape index (κ1) is 31.5. The first-order chi connectivity index (χ1) is 26.6. The zero-order chi connectivity index (χ0) is 36.3. The van der Waals surface area contributed by atoms with Gasteiger partial charge in [-0.1, -0.05) is 139 Å². The predicted octanol–water partition coefficient (Wildman–Crippen LogP) is 12.8. The van der Waals surface area contributed by atoms with Crippen LogP contribution < -0.4 is 0 Å². The van der Waals surface area contributed by atoms with E-state index in [0.29, 0.717) is 5.56 Å². The fourth-order valence-electron chi connectivity index (χ4n) is 8.32. The average Bonchev–Trinajstić information content (AvgIpc) is 3.72. The van der Waals surface area contributed by atoms with Crippen LogP contribution in [0.2, 0.25) is 0 Å².